The Hall–Kier alpha value is -1.48. The Morgan fingerprint density at radius 3 is 2.96 bits per heavy atom. The van der Waals surface area contributed by atoms with Gasteiger partial charge >= 0.3 is 0 Å². The maximum Gasteiger partial charge on any atom is 0.191 e. The van der Waals surface area contributed by atoms with E-state index >= 15 is 0 Å². The summed E-state index contributed by atoms with van der Waals surface area (Å²) in [6.45, 7) is 8.76. The predicted octanol–water partition coefficient (Wildman–Crippen LogP) is 3.62. The number of benzene rings is 1. The lowest BCUT2D eigenvalue weighted by molar-refractivity contribution is 0.457. The van der Waals surface area contributed by atoms with Crippen molar-refractivity contribution >= 4 is 47.2 Å². The Morgan fingerprint density at radius 1 is 1.39 bits per heavy atom. The number of nitrogens with zero attached hydrogens (tertiary/aromatic N) is 4. The summed E-state index contributed by atoms with van der Waals surface area (Å²) in [7, 11) is 0. The lowest BCUT2D eigenvalue weighted by atomic mass is 10.2. The molecule has 1 aliphatic heterocycles. The summed E-state index contributed by atoms with van der Waals surface area (Å²) >= 11 is 6.13. The van der Waals surface area contributed by atoms with Crippen molar-refractivity contribution in [2.75, 3.05) is 31.1 Å². The molecular formula is C20H30ClIN6. The van der Waals surface area contributed by atoms with Crippen molar-refractivity contribution in [2.24, 2.45) is 10.9 Å². The van der Waals surface area contributed by atoms with Crippen molar-refractivity contribution in [3.8, 4) is 0 Å². The fourth-order valence-electron chi connectivity index (χ4n) is 3.33. The van der Waals surface area contributed by atoms with E-state index in [1.807, 2.05) is 41.3 Å². The van der Waals surface area contributed by atoms with Crippen LogP contribution in [0.25, 0.3) is 0 Å². The monoisotopic (exact) mass is 516 g/mol. The van der Waals surface area contributed by atoms with Gasteiger partial charge in [0.2, 0.25) is 0 Å². The number of rotatable bonds is 7. The first-order chi connectivity index (χ1) is 13.1. The van der Waals surface area contributed by atoms with Crippen LogP contribution in [0, 0.1) is 5.92 Å². The van der Waals surface area contributed by atoms with Gasteiger partial charge in [0.15, 0.2) is 5.96 Å². The van der Waals surface area contributed by atoms with Crippen LogP contribution in [0.1, 0.15) is 20.3 Å². The number of anilines is 1. The van der Waals surface area contributed by atoms with Gasteiger partial charge in [0.1, 0.15) is 0 Å². The molecule has 2 aromatic rings. The van der Waals surface area contributed by atoms with E-state index in [1.54, 1.807) is 0 Å². The number of aliphatic imine (C=N–C) groups is 1. The molecule has 0 radical (unpaired) electrons. The van der Waals surface area contributed by atoms with E-state index < -0.39 is 0 Å². The molecule has 0 saturated carbocycles. The first-order valence-electron chi connectivity index (χ1n) is 9.67. The molecule has 1 fully saturated rings. The summed E-state index contributed by atoms with van der Waals surface area (Å²) in [4.78, 5) is 7.15. The maximum atomic E-state index is 6.13. The van der Waals surface area contributed by atoms with Crippen molar-refractivity contribution in [2.45, 2.75) is 32.9 Å². The van der Waals surface area contributed by atoms with Gasteiger partial charge in [-0.1, -0.05) is 24.6 Å². The van der Waals surface area contributed by atoms with Gasteiger partial charge < -0.3 is 15.5 Å². The third-order valence-electron chi connectivity index (χ3n) is 4.67. The highest BCUT2D eigenvalue weighted by molar-refractivity contribution is 14.0. The van der Waals surface area contributed by atoms with Crippen LogP contribution in [-0.2, 0) is 6.54 Å². The topological polar surface area (TPSA) is 57.5 Å². The molecule has 154 valence electrons. The van der Waals surface area contributed by atoms with Crippen LogP contribution in [0.3, 0.4) is 0 Å². The molecule has 1 aliphatic rings. The molecule has 1 aromatic carbocycles. The zero-order chi connectivity index (χ0) is 19.1. The molecule has 6 nitrogen and oxygen atoms in total. The Labute approximate surface area is 189 Å². The third kappa shape index (κ3) is 6.84. The minimum absolute atomic E-state index is 0. The second-order valence-electron chi connectivity index (χ2n) is 7.11. The summed E-state index contributed by atoms with van der Waals surface area (Å²) in [5.74, 6) is 1.31. The van der Waals surface area contributed by atoms with Crippen molar-refractivity contribution in [1.82, 2.24) is 20.4 Å². The number of aromatic nitrogens is 2. The van der Waals surface area contributed by atoms with Gasteiger partial charge in [-0.25, -0.2) is 0 Å². The minimum Gasteiger partial charge on any atom is -0.369 e. The Kier molecular flexibility index (Phi) is 9.37. The number of halogens is 2. The van der Waals surface area contributed by atoms with Crippen LogP contribution in [0.4, 0.5) is 5.69 Å². The van der Waals surface area contributed by atoms with Crippen LogP contribution in [0.5, 0.6) is 0 Å². The highest BCUT2D eigenvalue weighted by atomic mass is 127. The molecule has 0 spiro atoms. The lowest BCUT2D eigenvalue weighted by Gasteiger charge is -2.21. The van der Waals surface area contributed by atoms with Crippen molar-refractivity contribution in [3.63, 3.8) is 0 Å². The minimum atomic E-state index is 0. The van der Waals surface area contributed by atoms with Gasteiger partial charge in [0.05, 0.1) is 0 Å². The third-order valence-corrected chi connectivity index (χ3v) is 4.90. The average Bonchev–Trinajstić information content (AvgIpc) is 3.32. The predicted molar refractivity (Wildman–Crippen MR) is 128 cm³/mol. The Balaban J connectivity index is 0.00000280. The normalized spacial score (nSPS) is 17.9. The van der Waals surface area contributed by atoms with Gasteiger partial charge in [-0.2, -0.15) is 5.10 Å². The van der Waals surface area contributed by atoms with Crippen LogP contribution in [0.15, 0.2) is 47.7 Å². The van der Waals surface area contributed by atoms with Gasteiger partial charge in [-0.05, 0) is 43.5 Å². The summed E-state index contributed by atoms with van der Waals surface area (Å²) in [5, 5.41) is 12.0. The second-order valence-corrected chi connectivity index (χ2v) is 7.55. The zero-order valence-corrected chi connectivity index (χ0v) is 19.6. The van der Waals surface area contributed by atoms with E-state index in [9.17, 15) is 0 Å². The molecule has 1 saturated heterocycles. The molecular weight excluding hydrogens is 487 g/mol. The second kappa shape index (κ2) is 11.5. The molecule has 28 heavy (non-hydrogen) atoms. The lowest BCUT2D eigenvalue weighted by Crippen LogP contribution is -2.44. The summed E-state index contributed by atoms with van der Waals surface area (Å²) in [6, 6.07) is 10.4. The van der Waals surface area contributed by atoms with E-state index in [1.165, 1.54) is 5.69 Å². The fraction of sp³-hybridized carbons (Fsp3) is 0.500. The number of hydrogen-bond acceptors (Lipinski definition) is 3. The van der Waals surface area contributed by atoms with Crippen LogP contribution >= 0.6 is 35.6 Å². The smallest absolute Gasteiger partial charge is 0.191 e. The van der Waals surface area contributed by atoms with E-state index in [0.29, 0.717) is 12.0 Å². The van der Waals surface area contributed by atoms with Gasteiger partial charge in [0, 0.05) is 61.9 Å². The standard InChI is InChI=1S/C20H29ClN6.HI/c1-3-22-20(23-13-16(2)14-27-10-5-9-24-27)25-18-8-11-26(15-18)19-7-4-6-17(21)12-19;/h4-7,9-10,12,16,18H,3,8,11,13-15H2,1-2H3,(H2,22,23,25);1H. The average molecular weight is 517 g/mol. The molecule has 1 aromatic heterocycles. The van der Waals surface area contributed by atoms with E-state index in [-0.39, 0.29) is 24.0 Å². The molecule has 8 heteroatoms. The van der Waals surface area contributed by atoms with Gasteiger partial charge in [-0.15, -0.1) is 24.0 Å². The van der Waals surface area contributed by atoms with Crippen molar-refractivity contribution in [3.05, 3.63) is 47.7 Å². The molecule has 2 heterocycles. The molecule has 2 atom stereocenters. The SMILES string of the molecule is CCNC(=NCC(C)Cn1cccn1)NC1CCN(c2cccc(Cl)c2)C1.I. The summed E-state index contributed by atoms with van der Waals surface area (Å²) in [6.07, 6.45) is 4.89. The van der Waals surface area contributed by atoms with E-state index in [4.69, 9.17) is 16.6 Å². The summed E-state index contributed by atoms with van der Waals surface area (Å²) < 4.78 is 1.96. The quantitative estimate of drug-likeness (QED) is 0.335. The van der Waals surface area contributed by atoms with Crippen molar-refractivity contribution < 1.29 is 0 Å². The largest absolute Gasteiger partial charge is 0.369 e. The molecule has 2 N–H and O–H groups in total. The molecule has 2 unspecified atom stereocenters. The van der Waals surface area contributed by atoms with Crippen molar-refractivity contribution in [1.29, 1.82) is 0 Å². The molecule has 0 aliphatic carbocycles. The first-order valence-corrected chi connectivity index (χ1v) is 10.0. The van der Waals surface area contributed by atoms with Gasteiger partial charge in [0.25, 0.3) is 0 Å². The Morgan fingerprint density at radius 2 is 2.25 bits per heavy atom. The highest BCUT2D eigenvalue weighted by Gasteiger charge is 2.23. The zero-order valence-electron chi connectivity index (χ0n) is 16.5. The van der Waals surface area contributed by atoms with E-state index in [2.05, 4.69) is 40.5 Å². The van der Waals surface area contributed by atoms with Gasteiger partial charge in [-0.3, -0.25) is 9.67 Å². The molecule has 3 rings (SSSR count). The number of hydrogen-bond donors (Lipinski definition) is 2. The van der Waals surface area contributed by atoms with E-state index in [0.717, 1.165) is 50.1 Å². The van der Waals surface area contributed by atoms with Crippen LogP contribution in [0.2, 0.25) is 5.02 Å². The fourth-order valence-corrected chi connectivity index (χ4v) is 3.52. The van der Waals surface area contributed by atoms with Crippen LogP contribution < -0.4 is 15.5 Å². The Bertz CT molecular complexity index is 736. The highest BCUT2D eigenvalue weighted by Crippen LogP contribution is 2.23. The number of guanidine groups is 1. The molecule has 0 amide bonds. The van der Waals surface area contributed by atoms with Crippen LogP contribution in [-0.4, -0.2) is 48.0 Å². The maximum absolute atomic E-state index is 6.13. The first kappa shape index (κ1) is 22.8. The molecule has 0 bridgehead atoms. The number of nitrogens with one attached hydrogen (secondary N) is 2. The summed E-state index contributed by atoms with van der Waals surface area (Å²) in [5.41, 5.74) is 1.18.